The van der Waals surface area contributed by atoms with Crippen LogP contribution in [0.1, 0.15) is 32.1 Å². The SMILES string of the molecule is COCCn1c(C)cc(C(=O)COC(=O)c2cccc(S(=O)(=O)N(C)C)c2)c1C. The third kappa shape index (κ3) is 5.11. The van der Waals surface area contributed by atoms with Gasteiger partial charge in [0.1, 0.15) is 0 Å². The summed E-state index contributed by atoms with van der Waals surface area (Å²) in [6.45, 7) is 4.42. The van der Waals surface area contributed by atoms with Crippen molar-refractivity contribution in [2.24, 2.45) is 0 Å². The van der Waals surface area contributed by atoms with Gasteiger partial charge in [0.05, 0.1) is 17.1 Å². The lowest BCUT2D eigenvalue weighted by molar-refractivity contribution is 0.0474. The van der Waals surface area contributed by atoms with Crippen LogP contribution in [0.3, 0.4) is 0 Å². The summed E-state index contributed by atoms with van der Waals surface area (Å²) in [6.07, 6.45) is 0. The van der Waals surface area contributed by atoms with Crippen molar-refractivity contribution < 1.29 is 27.5 Å². The molecule has 0 N–H and O–H groups in total. The second-order valence-electron chi connectivity index (χ2n) is 6.74. The Morgan fingerprint density at radius 2 is 1.83 bits per heavy atom. The Hall–Kier alpha value is -2.49. The highest BCUT2D eigenvalue weighted by molar-refractivity contribution is 7.89. The number of aryl methyl sites for hydroxylation is 1. The van der Waals surface area contributed by atoms with E-state index >= 15 is 0 Å². The van der Waals surface area contributed by atoms with E-state index < -0.39 is 22.6 Å². The number of benzene rings is 1. The van der Waals surface area contributed by atoms with Gasteiger partial charge < -0.3 is 14.0 Å². The van der Waals surface area contributed by atoms with Gasteiger partial charge in [0.25, 0.3) is 0 Å². The largest absolute Gasteiger partial charge is 0.454 e. The first kappa shape index (κ1) is 22.8. The molecule has 0 radical (unpaired) electrons. The zero-order valence-corrected chi connectivity index (χ0v) is 18.1. The number of hydrogen-bond acceptors (Lipinski definition) is 6. The highest BCUT2D eigenvalue weighted by atomic mass is 32.2. The predicted octanol–water partition coefficient (Wildman–Crippen LogP) is 2.04. The standard InChI is InChI=1S/C20H26N2O6S/c1-14-11-18(15(2)22(14)9-10-27-5)19(23)13-28-20(24)16-7-6-8-17(12-16)29(25,26)21(3)4/h6-8,11-12H,9-10,13H2,1-5H3. The van der Waals surface area contributed by atoms with E-state index in [9.17, 15) is 18.0 Å². The Kier molecular flexibility index (Phi) is 7.34. The third-order valence-corrected chi connectivity index (χ3v) is 6.39. The van der Waals surface area contributed by atoms with E-state index in [0.717, 1.165) is 15.7 Å². The minimum absolute atomic E-state index is 0.0232. The molecule has 1 aromatic heterocycles. The molecule has 29 heavy (non-hydrogen) atoms. The van der Waals surface area contributed by atoms with Gasteiger partial charge in [-0.3, -0.25) is 4.79 Å². The van der Waals surface area contributed by atoms with Crippen LogP contribution < -0.4 is 0 Å². The summed E-state index contributed by atoms with van der Waals surface area (Å²) < 4.78 is 37.7. The summed E-state index contributed by atoms with van der Waals surface area (Å²) in [7, 11) is 0.742. The van der Waals surface area contributed by atoms with E-state index in [1.165, 1.54) is 38.4 Å². The van der Waals surface area contributed by atoms with E-state index in [0.29, 0.717) is 18.7 Å². The molecule has 0 aliphatic carbocycles. The number of Topliss-reactive ketones (excluding diaryl/α,β-unsaturated/α-hetero) is 1. The van der Waals surface area contributed by atoms with Crippen molar-refractivity contribution in [1.29, 1.82) is 0 Å². The molecule has 9 heteroatoms. The van der Waals surface area contributed by atoms with Crippen LogP contribution in [-0.2, 0) is 26.0 Å². The van der Waals surface area contributed by atoms with E-state index in [4.69, 9.17) is 9.47 Å². The molecule has 0 amide bonds. The monoisotopic (exact) mass is 422 g/mol. The van der Waals surface area contributed by atoms with Crippen LogP contribution >= 0.6 is 0 Å². The zero-order chi connectivity index (χ0) is 21.8. The topological polar surface area (TPSA) is 94.9 Å². The summed E-state index contributed by atoms with van der Waals surface area (Å²) in [5.74, 6) is -1.09. The first-order chi connectivity index (χ1) is 13.6. The number of carbonyl (C=O) groups excluding carboxylic acids is 2. The Morgan fingerprint density at radius 1 is 1.14 bits per heavy atom. The highest BCUT2D eigenvalue weighted by Gasteiger charge is 2.21. The molecule has 0 saturated carbocycles. The van der Waals surface area contributed by atoms with Gasteiger partial charge >= 0.3 is 5.97 Å². The van der Waals surface area contributed by atoms with Crippen LogP contribution in [0.5, 0.6) is 0 Å². The zero-order valence-electron chi connectivity index (χ0n) is 17.3. The minimum Gasteiger partial charge on any atom is -0.454 e. The molecular formula is C20H26N2O6S. The van der Waals surface area contributed by atoms with Gasteiger partial charge in [-0.1, -0.05) is 6.07 Å². The maximum atomic E-state index is 12.5. The number of nitrogens with zero attached hydrogens (tertiary/aromatic N) is 2. The fourth-order valence-electron chi connectivity index (χ4n) is 2.90. The molecule has 0 aliphatic heterocycles. The van der Waals surface area contributed by atoms with Crippen molar-refractivity contribution in [3.05, 3.63) is 52.8 Å². The van der Waals surface area contributed by atoms with E-state index in [1.54, 1.807) is 13.2 Å². The number of esters is 1. The molecule has 0 fully saturated rings. The Labute approximate surface area is 171 Å². The maximum absolute atomic E-state index is 12.5. The Bertz CT molecular complexity index is 1010. The fraction of sp³-hybridized carbons (Fsp3) is 0.400. The van der Waals surface area contributed by atoms with E-state index in [-0.39, 0.29) is 16.2 Å². The molecular weight excluding hydrogens is 396 g/mol. The molecule has 0 bridgehead atoms. The first-order valence-corrected chi connectivity index (χ1v) is 10.4. The first-order valence-electron chi connectivity index (χ1n) is 8.98. The lowest BCUT2D eigenvalue weighted by atomic mass is 10.1. The summed E-state index contributed by atoms with van der Waals surface area (Å²) in [4.78, 5) is 24.8. The summed E-state index contributed by atoms with van der Waals surface area (Å²) in [6, 6.07) is 7.28. The van der Waals surface area contributed by atoms with Crippen LogP contribution in [0.15, 0.2) is 35.2 Å². The number of rotatable bonds is 9. The van der Waals surface area contributed by atoms with Crippen molar-refractivity contribution >= 4 is 21.8 Å². The molecule has 1 aromatic carbocycles. The molecule has 1 heterocycles. The summed E-state index contributed by atoms with van der Waals surface area (Å²) in [5, 5.41) is 0. The van der Waals surface area contributed by atoms with Gasteiger partial charge in [-0.15, -0.1) is 0 Å². The number of aromatic nitrogens is 1. The summed E-state index contributed by atoms with van der Waals surface area (Å²) >= 11 is 0. The van der Waals surface area contributed by atoms with Crippen LogP contribution in [0.4, 0.5) is 0 Å². The average molecular weight is 423 g/mol. The van der Waals surface area contributed by atoms with Gasteiger partial charge in [-0.2, -0.15) is 0 Å². The number of methoxy groups -OCH3 is 1. The second kappa shape index (κ2) is 9.34. The van der Waals surface area contributed by atoms with Gasteiger partial charge in [0.2, 0.25) is 15.8 Å². The molecule has 0 atom stereocenters. The minimum atomic E-state index is -3.68. The molecule has 0 unspecified atom stereocenters. The molecule has 0 saturated heterocycles. The van der Waals surface area contributed by atoms with E-state index in [2.05, 4.69) is 0 Å². The quantitative estimate of drug-likeness (QED) is 0.453. The smallest absolute Gasteiger partial charge is 0.338 e. The highest BCUT2D eigenvalue weighted by Crippen LogP contribution is 2.18. The number of carbonyl (C=O) groups is 2. The van der Waals surface area contributed by atoms with Crippen molar-refractivity contribution in [3.8, 4) is 0 Å². The number of ether oxygens (including phenoxy) is 2. The van der Waals surface area contributed by atoms with Crippen molar-refractivity contribution in [2.45, 2.75) is 25.3 Å². The lowest BCUT2D eigenvalue weighted by Gasteiger charge is -2.12. The van der Waals surface area contributed by atoms with Crippen molar-refractivity contribution in [3.63, 3.8) is 0 Å². The van der Waals surface area contributed by atoms with Crippen LogP contribution in [0.25, 0.3) is 0 Å². The molecule has 2 rings (SSSR count). The van der Waals surface area contributed by atoms with Gasteiger partial charge in [0.15, 0.2) is 6.61 Å². The maximum Gasteiger partial charge on any atom is 0.338 e. The third-order valence-electron chi connectivity index (χ3n) is 4.58. The Balaban J connectivity index is 2.11. The fourth-order valence-corrected chi connectivity index (χ4v) is 3.84. The predicted molar refractivity (Wildman–Crippen MR) is 108 cm³/mol. The van der Waals surface area contributed by atoms with Gasteiger partial charge in [0, 0.05) is 44.7 Å². The number of ketones is 1. The number of hydrogen-bond donors (Lipinski definition) is 0. The molecule has 158 valence electrons. The van der Waals surface area contributed by atoms with Crippen molar-refractivity contribution in [2.75, 3.05) is 34.4 Å². The second-order valence-corrected chi connectivity index (χ2v) is 8.90. The normalized spacial score (nSPS) is 11.7. The van der Waals surface area contributed by atoms with Gasteiger partial charge in [-0.25, -0.2) is 17.5 Å². The Morgan fingerprint density at radius 3 is 2.45 bits per heavy atom. The van der Waals surface area contributed by atoms with Crippen LogP contribution in [0.2, 0.25) is 0 Å². The molecule has 8 nitrogen and oxygen atoms in total. The lowest BCUT2D eigenvalue weighted by Crippen LogP contribution is -2.22. The molecule has 0 spiro atoms. The summed E-state index contributed by atoms with van der Waals surface area (Å²) in [5.41, 5.74) is 2.23. The average Bonchev–Trinajstić information content (AvgIpc) is 2.97. The van der Waals surface area contributed by atoms with Crippen LogP contribution in [0, 0.1) is 13.8 Å². The van der Waals surface area contributed by atoms with Crippen molar-refractivity contribution in [1.82, 2.24) is 8.87 Å². The molecule has 0 aliphatic rings. The van der Waals surface area contributed by atoms with Gasteiger partial charge in [-0.05, 0) is 38.1 Å². The molecule has 2 aromatic rings. The number of sulfonamides is 1. The van der Waals surface area contributed by atoms with E-state index in [1.807, 2.05) is 18.4 Å². The van der Waals surface area contributed by atoms with Crippen LogP contribution in [-0.4, -0.2) is 63.5 Å².